The van der Waals surface area contributed by atoms with E-state index < -0.39 is 11.7 Å². The van der Waals surface area contributed by atoms with Gasteiger partial charge in [-0.3, -0.25) is 9.59 Å². The Morgan fingerprint density at radius 3 is 2.22 bits per heavy atom. The highest BCUT2D eigenvalue weighted by atomic mass is 32.2. The van der Waals surface area contributed by atoms with Gasteiger partial charge in [-0.1, -0.05) is 30.3 Å². The van der Waals surface area contributed by atoms with Crippen molar-refractivity contribution in [2.75, 3.05) is 11.5 Å². The average molecular weight is 580 g/mol. The van der Waals surface area contributed by atoms with Gasteiger partial charge in [-0.15, -0.1) is 0 Å². The van der Waals surface area contributed by atoms with Gasteiger partial charge in [0, 0.05) is 18.2 Å². The SMILES string of the molecule is O=C(NC1CCC(NC(=O)c2cc(F)cnc2OC2CCSCC2)CC1)c1ccc(OCc2ccccc2)cc1O. The predicted octanol–water partition coefficient (Wildman–Crippen LogP) is 5.25. The van der Waals surface area contributed by atoms with Crippen molar-refractivity contribution in [3.63, 3.8) is 0 Å². The standard InChI is InChI=1S/C31H34FN3O5S/c32-21-16-27(31(33-18-21)40-24-12-14-41-15-13-24)30(38)35-23-8-6-22(7-9-23)34-29(37)26-11-10-25(17-28(26)36)39-19-20-4-2-1-3-5-20/h1-5,10-11,16-18,22-24,36H,6-9,12-15,19H2,(H,34,37)(H,35,38). The van der Waals surface area contributed by atoms with Gasteiger partial charge in [0.2, 0.25) is 5.88 Å². The molecule has 1 saturated carbocycles. The Kier molecular flexibility index (Phi) is 9.61. The number of thioether (sulfide) groups is 1. The molecule has 0 atom stereocenters. The van der Waals surface area contributed by atoms with E-state index >= 15 is 0 Å². The van der Waals surface area contributed by atoms with Crippen LogP contribution in [0.15, 0.2) is 60.8 Å². The van der Waals surface area contributed by atoms with Crippen LogP contribution in [0.2, 0.25) is 0 Å². The number of halogens is 1. The van der Waals surface area contributed by atoms with Crippen molar-refractivity contribution in [1.82, 2.24) is 15.6 Å². The van der Waals surface area contributed by atoms with Gasteiger partial charge < -0.3 is 25.2 Å². The van der Waals surface area contributed by atoms with E-state index in [0.29, 0.717) is 38.0 Å². The lowest BCUT2D eigenvalue weighted by molar-refractivity contribution is 0.0884. The number of aromatic nitrogens is 1. The van der Waals surface area contributed by atoms with Crippen LogP contribution in [0.3, 0.4) is 0 Å². The van der Waals surface area contributed by atoms with Gasteiger partial charge in [0.25, 0.3) is 11.8 Å². The lowest BCUT2D eigenvalue weighted by atomic mass is 9.90. The fourth-order valence-corrected chi connectivity index (χ4v) is 6.14. The summed E-state index contributed by atoms with van der Waals surface area (Å²) in [5.74, 6) is 1.09. The molecule has 0 spiro atoms. The summed E-state index contributed by atoms with van der Waals surface area (Å²) >= 11 is 1.87. The number of carbonyl (C=O) groups excluding carboxylic acids is 2. The maximum absolute atomic E-state index is 14.0. The first-order valence-electron chi connectivity index (χ1n) is 14.0. The van der Waals surface area contributed by atoms with Crippen LogP contribution in [0.1, 0.15) is 64.8 Å². The van der Waals surface area contributed by atoms with Gasteiger partial charge in [0.05, 0.1) is 11.8 Å². The van der Waals surface area contributed by atoms with Crippen LogP contribution in [-0.2, 0) is 6.61 Å². The Bertz CT molecular complexity index is 1340. The molecule has 3 aromatic rings. The Morgan fingerprint density at radius 1 is 0.902 bits per heavy atom. The number of amides is 2. The molecule has 1 aromatic heterocycles. The van der Waals surface area contributed by atoms with Gasteiger partial charge in [-0.2, -0.15) is 11.8 Å². The Hall–Kier alpha value is -3.79. The average Bonchev–Trinajstić information content (AvgIpc) is 2.99. The number of phenols is 1. The van der Waals surface area contributed by atoms with E-state index in [0.717, 1.165) is 36.1 Å². The molecule has 1 aliphatic carbocycles. The quantitative estimate of drug-likeness (QED) is 0.318. The summed E-state index contributed by atoms with van der Waals surface area (Å²) in [6.07, 6.45) is 5.37. The third kappa shape index (κ3) is 7.91. The second-order valence-electron chi connectivity index (χ2n) is 10.4. The van der Waals surface area contributed by atoms with Crippen molar-refractivity contribution in [2.45, 2.75) is 63.3 Å². The van der Waals surface area contributed by atoms with Crippen molar-refractivity contribution >= 4 is 23.6 Å². The second-order valence-corrected chi connectivity index (χ2v) is 11.6. The molecular formula is C31H34FN3O5S. The number of pyridine rings is 1. The molecule has 0 radical (unpaired) electrons. The molecule has 5 rings (SSSR count). The van der Waals surface area contributed by atoms with Crippen molar-refractivity contribution in [3.8, 4) is 17.4 Å². The Balaban J connectivity index is 1.10. The van der Waals surface area contributed by atoms with Gasteiger partial charge in [-0.05, 0) is 73.8 Å². The van der Waals surface area contributed by atoms with Crippen molar-refractivity contribution in [3.05, 3.63) is 83.3 Å². The molecule has 2 aliphatic rings. The monoisotopic (exact) mass is 579 g/mol. The molecule has 2 amide bonds. The summed E-state index contributed by atoms with van der Waals surface area (Å²) in [6.45, 7) is 0.357. The number of hydrogen-bond donors (Lipinski definition) is 3. The van der Waals surface area contributed by atoms with Crippen molar-refractivity contribution in [1.29, 1.82) is 0 Å². The van der Waals surface area contributed by atoms with Crippen LogP contribution >= 0.6 is 11.8 Å². The van der Waals surface area contributed by atoms with E-state index in [1.807, 2.05) is 42.1 Å². The molecule has 3 N–H and O–H groups in total. The van der Waals surface area contributed by atoms with E-state index in [4.69, 9.17) is 9.47 Å². The molecule has 1 aliphatic heterocycles. The van der Waals surface area contributed by atoms with Gasteiger partial charge in [0.1, 0.15) is 35.6 Å². The summed E-state index contributed by atoms with van der Waals surface area (Å²) in [5, 5.41) is 16.4. The first kappa shape index (κ1) is 28.7. The first-order valence-corrected chi connectivity index (χ1v) is 15.1. The number of nitrogens with one attached hydrogen (secondary N) is 2. The van der Waals surface area contributed by atoms with E-state index in [9.17, 15) is 19.1 Å². The second kappa shape index (κ2) is 13.7. The number of aromatic hydroxyl groups is 1. The number of benzene rings is 2. The normalized spacial score (nSPS) is 19.2. The number of rotatable bonds is 9. The first-order chi connectivity index (χ1) is 19.9. The van der Waals surface area contributed by atoms with E-state index in [1.165, 1.54) is 12.1 Å². The number of carbonyl (C=O) groups is 2. The van der Waals surface area contributed by atoms with Crippen LogP contribution in [0.25, 0.3) is 0 Å². The van der Waals surface area contributed by atoms with Crippen LogP contribution in [0.5, 0.6) is 17.4 Å². The molecule has 1 saturated heterocycles. The highest BCUT2D eigenvalue weighted by Crippen LogP contribution is 2.27. The zero-order chi connectivity index (χ0) is 28.6. The van der Waals surface area contributed by atoms with Crippen LogP contribution in [0, 0.1) is 5.82 Å². The van der Waals surface area contributed by atoms with Crippen LogP contribution in [-0.4, -0.2) is 51.6 Å². The largest absolute Gasteiger partial charge is 0.507 e. The van der Waals surface area contributed by atoms with Gasteiger partial charge in [0.15, 0.2) is 0 Å². The predicted molar refractivity (Wildman–Crippen MR) is 155 cm³/mol. The van der Waals surface area contributed by atoms with Gasteiger partial charge in [-0.25, -0.2) is 9.37 Å². The fraction of sp³-hybridized carbons (Fsp3) is 0.387. The maximum atomic E-state index is 14.0. The lowest BCUT2D eigenvalue weighted by Crippen LogP contribution is -2.44. The summed E-state index contributed by atoms with van der Waals surface area (Å²) < 4.78 is 25.7. The zero-order valence-electron chi connectivity index (χ0n) is 22.7. The van der Waals surface area contributed by atoms with Crippen molar-refractivity contribution in [2.24, 2.45) is 0 Å². The van der Waals surface area contributed by atoms with Crippen LogP contribution in [0.4, 0.5) is 4.39 Å². The highest BCUT2D eigenvalue weighted by molar-refractivity contribution is 7.99. The third-order valence-electron chi connectivity index (χ3n) is 7.37. The molecule has 8 nitrogen and oxygen atoms in total. The smallest absolute Gasteiger partial charge is 0.257 e. The number of ether oxygens (including phenoxy) is 2. The molecule has 2 heterocycles. The minimum Gasteiger partial charge on any atom is -0.507 e. The number of hydrogen-bond acceptors (Lipinski definition) is 7. The minimum absolute atomic E-state index is 0.0303. The molecule has 0 bridgehead atoms. The topological polar surface area (TPSA) is 110 Å². The molecule has 41 heavy (non-hydrogen) atoms. The van der Waals surface area contributed by atoms with Crippen molar-refractivity contribution < 1.29 is 28.6 Å². The number of phenolic OH excluding ortho intramolecular Hbond substituents is 1. The minimum atomic E-state index is -0.591. The molecule has 216 valence electrons. The molecular weight excluding hydrogens is 545 g/mol. The summed E-state index contributed by atoms with van der Waals surface area (Å²) in [5.41, 5.74) is 1.28. The van der Waals surface area contributed by atoms with Gasteiger partial charge >= 0.3 is 0 Å². The molecule has 10 heteroatoms. The Morgan fingerprint density at radius 2 is 1.56 bits per heavy atom. The zero-order valence-corrected chi connectivity index (χ0v) is 23.5. The van der Waals surface area contributed by atoms with Crippen LogP contribution < -0.4 is 20.1 Å². The Labute approximate surface area is 243 Å². The summed E-state index contributed by atoms with van der Waals surface area (Å²) in [6, 6.07) is 15.3. The summed E-state index contributed by atoms with van der Waals surface area (Å²) in [4.78, 5) is 30.0. The molecule has 2 aromatic carbocycles. The van der Waals surface area contributed by atoms with E-state index in [2.05, 4.69) is 15.6 Å². The number of nitrogens with zero attached hydrogens (tertiary/aromatic N) is 1. The fourth-order valence-electron chi connectivity index (χ4n) is 5.08. The third-order valence-corrected chi connectivity index (χ3v) is 8.42. The summed E-state index contributed by atoms with van der Waals surface area (Å²) in [7, 11) is 0. The highest BCUT2D eigenvalue weighted by Gasteiger charge is 2.27. The molecule has 2 fully saturated rings. The van der Waals surface area contributed by atoms with E-state index in [1.54, 1.807) is 12.1 Å². The lowest BCUT2D eigenvalue weighted by Gasteiger charge is -2.30. The van der Waals surface area contributed by atoms with E-state index in [-0.39, 0.29) is 46.9 Å². The maximum Gasteiger partial charge on any atom is 0.257 e. The molecule has 0 unspecified atom stereocenters.